The van der Waals surface area contributed by atoms with E-state index in [1.54, 1.807) is 0 Å². The molecule has 1 N–H and O–H groups in total. The van der Waals surface area contributed by atoms with Crippen LogP contribution < -0.4 is 0 Å². The lowest BCUT2D eigenvalue weighted by Gasteiger charge is -1.89. The van der Waals surface area contributed by atoms with Gasteiger partial charge in [0.25, 0.3) is 0 Å². The summed E-state index contributed by atoms with van der Waals surface area (Å²) in [6, 6.07) is 0. The average Bonchev–Trinajstić information content (AvgIpc) is 2.45. The first-order chi connectivity index (χ1) is 5.70. The molecule has 0 aliphatic heterocycles. The van der Waals surface area contributed by atoms with Crippen molar-refractivity contribution in [2.75, 3.05) is 6.61 Å². The topological polar surface area (TPSA) is 80.4 Å². The Labute approximate surface area is 68.0 Å². The van der Waals surface area contributed by atoms with Crippen LogP contribution in [-0.2, 0) is 0 Å². The van der Waals surface area contributed by atoms with Crippen LogP contribution in [0.3, 0.4) is 0 Å². The molecular formula is C7H7NO4. The van der Waals surface area contributed by atoms with Crippen LogP contribution in [0.2, 0.25) is 0 Å². The van der Waals surface area contributed by atoms with Gasteiger partial charge in [0, 0.05) is 5.56 Å². The smallest absolute Gasteiger partial charge is 0.226 e. The Morgan fingerprint density at radius 3 is 2.83 bits per heavy atom. The van der Waals surface area contributed by atoms with E-state index in [0.29, 0.717) is 11.8 Å². The summed E-state index contributed by atoms with van der Waals surface area (Å²) >= 11 is 0. The van der Waals surface area contributed by atoms with Crippen molar-refractivity contribution in [2.24, 2.45) is 0 Å². The molecule has 0 spiro atoms. The molecule has 0 aliphatic rings. The number of aliphatic hydroxyl groups is 1. The van der Waals surface area contributed by atoms with Gasteiger partial charge in [-0.05, 0) is 6.92 Å². The summed E-state index contributed by atoms with van der Waals surface area (Å²) in [5, 5.41) is 11.8. The molecule has 0 fully saturated rings. The number of ketones is 1. The number of hydrogen-bond acceptors (Lipinski definition) is 5. The van der Waals surface area contributed by atoms with E-state index >= 15 is 0 Å². The number of carbonyl (C=O) groups is 2. The van der Waals surface area contributed by atoms with E-state index in [4.69, 9.17) is 5.11 Å². The van der Waals surface area contributed by atoms with E-state index < -0.39 is 12.4 Å². The molecule has 1 rings (SSSR count). The number of Topliss-reactive ketones (excluding diaryl/α,β-unsaturated/α-hetero) is 1. The fourth-order valence-electron chi connectivity index (χ4n) is 0.790. The Morgan fingerprint density at radius 1 is 1.75 bits per heavy atom. The largest absolute Gasteiger partial charge is 0.388 e. The van der Waals surface area contributed by atoms with E-state index in [0.717, 1.165) is 0 Å². The van der Waals surface area contributed by atoms with Crippen molar-refractivity contribution in [3.63, 3.8) is 0 Å². The molecule has 0 aromatic carbocycles. The molecule has 0 aliphatic carbocycles. The highest BCUT2D eigenvalue weighted by Gasteiger charge is 2.17. The van der Waals surface area contributed by atoms with Gasteiger partial charge in [0.1, 0.15) is 12.3 Å². The zero-order chi connectivity index (χ0) is 9.14. The van der Waals surface area contributed by atoms with Gasteiger partial charge in [0.15, 0.2) is 6.29 Å². The predicted molar refractivity (Wildman–Crippen MR) is 38.0 cm³/mol. The summed E-state index contributed by atoms with van der Waals surface area (Å²) in [7, 11) is 0. The van der Waals surface area contributed by atoms with Crippen molar-refractivity contribution in [3.8, 4) is 0 Å². The highest BCUT2D eigenvalue weighted by Crippen LogP contribution is 2.11. The number of aromatic nitrogens is 1. The molecule has 0 amide bonds. The fraction of sp³-hybridized carbons (Fsp3) is 0.286. The number of hydrogen-bond donors (Lipinski definition) is 1. The molecule has 64 valence electrons. The molecule has 0 saturated heterocycles. The Hall–Kier alpha value is -1.49. The van der Waals surface area contributed by atoms with Crippen LogP contribution in [0.5, 0.6) is 0 Å². The molecular weight excluding hydrogens is 162 g/mol. The van der Waals surface area contributed by atoms with Crippen molar-refractivity contribution in [1.82, 2.24) is 5.16 Å². The fourth-order valence-corrected chi connectivity index (χ4v) is 0.790. The molecule has 1 heterocycles. The van der Waals surface area contributed by atoms with Crippen LogP contribution in [0.1, 0.15) is 26.6 Å². The molecule has 0 radical (unpaired) electrons. The molecule has 0 bridgehead atoms. The molecule has 5 heteroatoms. The summed E-state index contributed by atoms with van der Waals surface area (Å²) in [6.45, 7) is 0.886. The third kappa shape index (κ3) is 1.26. The van der Waals surface area contributed by atoms with Gasteiger partial charge in [0.05, 0.1) is 0 Å². The zero-order valence-electron chi connectivity index (χ0n) is 6.40. The minimum absolute atomic E-state index is 0.0559. The first kappa shape index (κ1) is 8.61. The molecule has 12 heavy (non-hydrogen) atoms. The number of rotatable bonds is 3. The number of carbonyl (C=O) groups excluding carboxylic acids is 2. The van der Waals surface area contributed by atoms with Crippen molar-refractivity contribution >= 4 is 12.1 Å². The van der Waals surface area contributed by atoms with Gasteiger partial charge in [-0.3, -0.25) is 9.59 Å². The summed E-state index contributed by atoms with van der Waals surface area (Å²) in [4.78, 5) is 21.1. The SMILES string of the molecule is Cc1c(C=O)noc1C(=O)CO. The summed E-state index contributed by atoms with van der Waals surface area (Å²) in [5.41, 5.74) is 0.454. The molecule has 5 nitrogen and oxygen atoms in total. The number of nitrogens with zero attached hydrogens (tertiary/aromatic N) is 1. The standard InChI is InChI=1S/C7H7NO4/c1-4-5(2-9)8-12-7(4)6(11)3-10/h2,10H,3H2,1H3. The van der Waals surface area contributed by atoms with E-state index in [1.165, 1.54) is 6.92 Å². The maximum absolute atomic E-state index is 10.9. The van der Waals surface area contributed by atoms with Crippen LogP contribution in [-0.4, -0.2) is 28.9 Å². The predicted octanol–water partition coefficient (Wildman–Crippen LogP) is -0.0295. The number of aliphatic hydroxyl groups excluding tert-OH is 1. The monoisotopic (exact) mass is 169 g/mol. The van der Waals surface area contributed by atoms with E-state index in [9.17, 15) is 9.59 Å². The van der Waals surface area contributed by atoms with Gasteiger partial charge in [-0.1, -0.05) is 5.16 Å². The lowest BCUT2D eigenvalue weighted by molar-refractivity contribution is 0.0865. The third-order valence-electron chi connectivity index (χ3n) is 1.47. The second-order valence-electron chi connectivity index (χ2n) is 2.22. The normalized spacial score (nSPS) is 9.83. The molecule has 0 saturated carbocycles. The number of aldehydes is 1. The highest BCUT2D eigenvalue weighted by atomic mass is 16.5. The molecule has 1 aromatic rings. The highest BCUT2D eigenvalue weighted by molar-refractivity contribution is 5.97. The van der Waals surface area contributed by atoms with E-state index in [2.05, 4.69) is 9.68 Å². The Kier molecular flexibility index (Phi) is 2.35. The van der Waals surface area contributed by atoms with Gasteiger partial charge < -0.3 is 9.63 Å². The van der Waals surface area contributed by atoms with E-state index in [1.807, 2.05) is 0 Å². The van der Waals surface area contributed by atoms with E-state index in [-0.39, 0.29) is 11.5 Å². The van der Waals surface area contributed by atoms with Crippen molar-refractivity contribution in [1.29, 1.82) is 0 Å². The quantitative estimate of drug-likeness (QED) is 0.507. The van der Waals surface area contributed by atoms with Crippen LogP contribution in [0.15, 0.2) is 4.52 Å². The maximum atomic E-state index is 10.9. The van der Waals surface area contributed by atoms with Crippen molar-refractivity contribution < 1.29 is 19.2 Å². The van der Waals surface area contributed by atoms with Crippen LogP contribution in [0, 0.1) is 6.92 Å². The minimum atomic E-state index is -0.645. The third-order valence-corrected chi connectivity index (χ3v) is 1.47. The zero-order valence-corrected chi connectivity index (χ0v) is 6.40. The first-order valence-electron chi connectivity index (χ1n) is 3.26. The van der Waals surface area contributed by atoms with Gasteiger partial charge >= 0.3 is 0 Å². The average molecular weight is 169 g/mol. The Balaban J connectivity index is 3.10. The van der Waals surface area contributed by atoms with Crippen LogP contribution in [0.25, 0.3) is 0 Å². The summed E-state index contributed by atoms with van der Waals surface area (Å²) in [5.74, 6) is -0.632. The van der Waals surface area contributed by atoms with Gasteiger partial charge in [-0.2, -0.15) is 0 Å². The minimum Gasteiger partial charge on any atom is -0.388 e. The summed E-state index contributed by atoms with van der Waals surface area (Å²) in [6.07, 6.45) is 0.493. The lowest BCUT2D eigenvalue weighted by Crippen LogP contribution is -2.04. The molecule has 0 atom stereocenters. The Morgan fingerprint density at radius 2 is 2.42 bits per heavy atom. The molecule has 1 aromatic heterocycles. The second kappa shape index (κ2) is 3.27. The first-order valence-corrected chi connectivity index (χ1v) is 3.26. The van der Waals surface area contributed by atoms with Crippen LogP contribution in [0.4, 0.5) is 0 Å². The van der Waals surface area contributed by atoms with Crippen LogP contribution >= 0.6 is 0 Å². The van der Waals surface area contributed by atoms with Gasteiger partial charge in [-0.15, -0.1) is 0 Å². The maximum Gasteiger partial charge on any atom is 0.226 e. The lowest BCUT2D eigenvalue weighted by atomic mass is 10.2. The van der Waals surface area contributed by atoms with Crippen molar-refractivity contribution in [3.05, 3.63) is 17.0 Å². The second-order valence-corrected chi connectivity index (χ2v) is 2.22. The van der Waals surface area contributed by atoms with Gasteiger partial charge in [0.2, 0.25) is 11.5 Å². The van der Waals surface area contributed by atoms with Gasteiger partial charge in [-0.25, -0.2) is 0 Å². The molecule has 0 unspecified atom stereocenters. The Bertz CT molecular complexity index is 315. The van der Waals surface area contributed by atoms with Crippen molar-refractivity contribution in [2.45, 2.75) is 6.92 Å². The summed E-state index contributed by atoms with van der Waals surface area (Å²) < 4.78 is 4.55.